The maximum Gasteiger partial charge on any atom is 0.272 e. The molecule has 1 amide bonds. The number of rotatable bonds is 5. The molecule has 1 aromatic heterocycles. The van der Waals surface area contributed by atoms with Crippen LogP contribution in [0.4, 0.5) is 11.4 Å². The molecule has 2 aromatic carbocycles. The second-order valence-corrected chi connectivity index (χ2v) is 6.24. The van der Waals surface area contributed by atoms with Crippen molar-refractivity contribution in [3.05, 3.63) is 80.6 Å². The summed E-state index contributed by atoms with van der Waals surface area (Å²) in [6.07, 6.45) is 0. The van der Waals surface area contributed by atoms with Gasteiger partial charge in [-0.25, -0.2) is 0 Å². The summed E-state index contributed by atoms with van der Waals surface area (Å²) in [6, 6.07) is 12.5. The van der Waals surface area contributed by atoms with E-state index >= 15 is 0 Å². The summed E-state index contributed by atoms with van der Waals surface area (Å²) in [5, 5.41) is 23.0. The van der Waals surface area contributed by atoms with Crippen LogP contribution in [-0.2, 0) is 6.61 Å². The van der Waals surface area contributed by atoms with Crippen LogP contribution in [-0.4, -0.2) is 15.9 Å². The molecule has 0 radical (unpaired) electrons. The molecule has 8 heteroatoms. The third kappa shape index (κ3) is 3.99. The molecule has 0 fully saturated rings. The number of hydrogen-bond donors (Lipinski definition) is 2. The zero-order valence-electron chi connectivity index (χ0n) is 14.2. The average molecular weight is 387 g/mol. The van der Waals surface area contributed by atoms with Crippen molar-refractivity contribution in [2.75, 3.05) is 5.32 Å². The molecular formula is C19H15ClN2O5. The predicted molar refractivity (Wildman–Crippen MR) is 101 cm³/mol. The van der Waals surface area contributed by atoms with Crippen molar-refractivity contribution >= 4 is 28.9 Å². The summed E-state index contributed by atoms with van der Waals surface area (Å²) in [5.74, 6) is 0.506. The quantitative estimate of drug-likeness (QED) is 0.493. The standard InChI is InChI=1S/C19H15ClN2O5/c1-11-8-13(3-6-17(11)22(25)26)19(24)21-16-9-12(2-5-15(16)20)18-7-4-14(10-23)27-18/h2-9,23H,10H2,1H3,(H,21,24). The van der Waals surface area contributed by atoms with E-state index in [0.29, 0.717) is 33.4 Å². The van der Waals surface area contributed by atoms with E-state index < -0.39 is 10.8 Å². The molecule has 2 N–H and O–H groups in total. The number of furan rings is 1. The summed E-state index contributed by atoms with van der Waals surface area (Å²) in [7, 11) is 0. The fraction of sp³-hybridized carbons (Fsp3) is 0.105. The zero-order chi connectivity index (χ0) is 19.6. The third-order valence-corrected chi connectivity index (χ3v) is 4.30. The van der Waals surface area contributed by atoms with Crippen LogP contribution in [0.5, 0.6) is 0 Å². The van der Waals surface area contributed by atoms with Crippen molar-refractivity contribution < 1.29 is 19.2 Å². The molecule has 0 unspecified atom stereocenters. The van der Waals surface area contributed by atoms with Crippen molar-refractivity contribution in [1.29, 1.82) is 0 Å². The van der Waals surface area contributed by atoms with E-state index in [2.05, 4.69) is 5.32 Å². The molecule has 138 valence electrons. The molecule has 0 atom stereocenters. The Morgan fingerprint density at radius 1 is 1.22 bits per heavy atom. The van der Waals surface area contributed by atoms with E-state index in [1.165, 1.54) is 18.2 Å². The summed E-state index contributed by atoms with van der Waals surface area (Å²) in [6.45, 7) is 1.36. The van der Waals surface area contributed by atoms with Gasteiger partial charge in [0.1, 0.15) is 18.1 Å². The number of hydrogen-bond acceptors (Lipinski definition) is 5. The lowest BCUT2D eigenvalue weighted by Gasteiger charge is -2.09. The highest BCUT2D eigenvalue weighted by molar-refractivity contribution is 6.34. The maximum atomic E-state index is 12.5. The lowest BCUT2D eigenvalue weighted by molar-refractivity contribution is -0.385. The van der Waals surface area contributed by atoms with Crippen LogP contribution < -0.4 is 5.32 Å². The second-order valence-electron chi connectivity index (χ2n) is 5.83. The van der Waals surface area contributed by atoms with E-state index in [1.807, 2.05) is 0 Å². The SMILES string of the molecule is Cc1cc(C(=O)Nc2cc(-c3ccc(CO)o3)ccc2Cl)ccc1[N+](=O)[O-]. The number of benzene rings is 2. The Morgan fingerprint density at radius 2 is 2.00 bits per heavy atom. The molecule has 0 aliphatic rings. The van der Waals surface area contributed by atoms with Gasteiger partial charge in [-0.1, -0.05) is 11.6 Å². The van der Waals surface area contributed by atoms with Gasteiger partial charge in [0.25, 0.3) is 11.6 Å². The van der Waals surface area contributed by atoms with Crippen LogP contribution >= 0.6 is 11.6 Å². The van der Waals surface area contributed by atoms with Crippen LogP contribution in [0.2, 0.25) is 5.02 Å². The molecule has 0 bridgehead atoms. The number of nitro groups is 1. The van der Waals surface area contributed by atoms with Crippen LogP contribution in [0.1, 0.15) is 21.7 Å². The highest BCUT2D eigenvalue weighted by Gasteiger charge is 2.15. The highest BCUT2D eigenvalue weighted by atomic mass is 35.5. The number of nitrogens with one attached hydrogen (secondary N) is 1. The molecule has 1 heterocycles. The number of nitro benzene ring substituents is 1. The smallest absolute Gasteiger partial charge is 0.272 e. The normalized spacial score (nSPS) is 10.6. The highest BCUT2D eigenvalue weighted by Crippen LogP contribution is 2.30. The molecule has 3 rings (SSSR count). The van der Waals surface area contributed by atoms with Crippen LogP contribution in [0.25, 0.3) is 11.3 Å². The molecule has 3 aromatic rings. The second kappa shape index (κ2) is 7.61. The number of aliphatic hydroxyl groups is 1. The van der Waals surface area contributed by atoms with E-state index in [1.54, 1.807) is 37.3 Å². The van der Waals surface area contributed by atoms with Gasteiger partial charge >= 0.3 is 0 Å². The zero-order valence-corrected chi connectivity index (χ0v) is 15.0. The van der Waals surface area contributed by atoms with Gasteiger partial charge in [-0.15, -0.1) is 0 Å². The predicted octanol–water partition coefficient (Wildman–Crippen LogP) is 4.56. The maximum absolute atomic E-state index is 12.5. The fourth-order valence-corrected chi connectivity index (χ4v) is 2.75. The Labute approximate surface area is 159 Å². The minimum Gasteiger partial charge on any atom is -0.459 e. The number of carbonyl (C=O) groups is 1. The number of aryl methyl sites for hydroxylation is 1. The average Bonchev–Trinajstić information content (AvgIpc) is 3.12. The van der Waals surface area contributed by atoms with Crippen LogP contribution in [0.15, 0.2) is 52.9 Å². The van der Waals surface area contributed by atoms with Crippen molar-refractivity contribution in [3.8, 4) is 11.3 Å². The number of amides is 1. The van der Waals surface area contributed by atoms with Crippen molar-refractivity contribution in [2.45, 2.75) is 13.5 Å². The van der Waals surface area contributed by atoms with Gasteiger partial charge in [0.2, 0.25) is 0 Å². The Bertz CT molecular complexity index is 1030. The van der Waals surface area contributed by atoms with Crippen LogP contribution in [0, 0.1) is 17.0 Å². The number of halogens is 1. The van der Waals surface area contributed by atoms with Gasteiger partial charge in [0.05, 0.1) is 15.6 Å². The van der Waals surface area contributed by atoms with Gasteiger partial charge < -0.3 is 14.8 Å². The van der Waals surface area contributed by atoms with Crippen molar-refractivity contribution in [2.24, 2.45) is 0 Å². The fourth-order valence-electron chi connectivity index (χ4n) is 2.59. The van der Waals surface area contributed by atoms with Crippen molar-refractivity contribution in [1.82, 2.24) is 0 Å². The van der Waals surface area contributed by atoms with Gasteiger partial charge in [-0.3, -0.25) is 14.9 Å². The van der Waals surface area contributed by atoms with Gasteiger partial charge in [-0.2, -0.15) is 0 Å². The van der Waals surface area contributed by atoms with Crippen LogP contribution in [0.3, 0.4) is 0 Å². The number of carbonyl (C=O) groups excluding carboxylic acids is 1. The first-order chi connectivity index (χ1) is 12.9. The van der Waals surface area contributed by atoms with Crippen molar-refractivity contribution in [3.63, 3.8) is 0 Å². The number of anilines is 1. The first kappa shape index (κ1) is 18.6. The van der Waals surface area contributed by atoms with Gasteiger partial charge in [-0.05, 0) is 49.4 Å². The summed E-state index contributed by atoms with van der Waals surface area (Å²) >= 11 is 6.17. The molecule has 0 aliphatic heterocycles. The molecule has 7 nitrogen and oxygen atoms in total. The van der Waals surface area contributed by atoms with E-state index in [0.717, 1.165) is 0 Å². The monoisotopic (exact) mass is 386 g/mol. The lowest BCUT2D eigenvalue weighted by Crippen LogP contribution is -2.12. The van der Waals surface area contributed by atoms with E-state index in [9.17, 15) is 14.9 Å². The number of aliphatic hydroxyl groups excluding tert-OH is 1. The van der Waals surface area contributed by atoms with E-state index in [-0.39, 0.29) is 17.9 Å². The lowest BCUT2D eigenvalue weighted by atomic mass is 10.1. The minimum absolute atomic E-state index is 0.0518. The Balaban J connectivity index is 1.86. The van der Waals surface area contributed by atoms with Gasteiger partial charge in [0, 0.05) is 22.8 Å². The molecule has 0 spiro atoms. The Hall–Kier alpha value is -3.16. The molecule has 0 saturated carbocycles. The molecule has 0 saturated heterocycles. The molecular weight excluding hydrogens is 372 g/mol. The van der Waals surface area contributed by atoms with Gasteiger partial charge in [0.15, 0.2) is 0 Å². The molecule has 0 aliphatic carbocycles. The summed E-state index contributed by atoms with van der Waals surface area (Å²) in [5.41, 5.74) is 1.66. The Kier molecular flexibility index (Phi) is 5.25. The Morgan fingerprint density at radius 3 is 2.63 bits per heavy atom. The number of nitrogens with zero attached hydrogens (tertiary/aromatic N) is 1. The third-order valence-electron chi connectivity index (χ3n) is 3.97. The van der Waals surface area contributed by atoms with E-state index in [4.69, 9.17) is 21.1 Å². The first-order valence-corrected chi connectivity index (χ1v) is 8.32. The summed E-state index contributed by atoms with van der Waals surface area (Å²) < 4.78 is 5.49. The molecule has 27 heavy (non-hydrogen) atoms. The summed E-state index contributed by atoms with van der Waals surface area (Å²) in [4.78, 5) is 22.9. The topological polar surface area (TPSA) is 106 Å². The first-order valence-electron chi connectivity index (χ1n) is 7.95. The largest absolute Gasteiger partial charge is 0.459 e. The minimum atomic E-state index is -0.499.